The van der Waals surface area contributed by atoms with Crippen LogP contribution < -0.4 is 0 Å². The van der Waals surface area contributed by atoms with Crippen LogP contribution >= 0.6 is 0 Å². The molecule has 0 bridgehead atoms. The van der Waals surface area contributed by atoms with Crippen molar-refractivity contribution in [3.05, 3.63) is 35.9 Å². The first kappa shape index (κ1) is 16.4. The maximum absolute atomic E-state index is 13.5. The van der Waals surface area contributed by atoms with Crippen LogP contribution in [0.1, 0.15) is 44.1 Å². The Balaban J connectivity index is 1.51. The number of ether oxygens (including phenoxy) is 1. The molecule has 1 spiro atoms. The second kappa shape index (κ2) is 6.04. The smallest absolute Gasteiger partial charge is 0.410 e. The van der Waals surface area contributed by atoms with Crippen LogP contribution in [-0.4, -0.2) is 54.1 Å². The van der Waals surface area contributed by atoms with Gasteiger partial charge in [0.25, 0.3) is 0 Å². The van der Waals surface area contributed by atoms with E-state index in [4.69, 9.17) is 4.74 Å². The summed E-state index contributed by atoms with van der Waals surface area (Å²) in [5, 5.41) is 0. The van der Waals surface area contributed by atoms with Crippen molar-refractivity contribution in [1.82, 2.24) is 9.80 Å². The molecule has 25 heavy (non-hydrogen) atoms. The van der Waals surface area contributed by atoms with Crippen LogP contribution in [0.25, 0.3) is 0 Å². The number of likely N-dealkylation sites (tertiary alicyclic amines) is 1. The van der Waals surface area contributed by atoms with Crippen molar-refractivity contribution in [2.24, 2.45) is 0 Å². The van der Waals surface area contributed by atoms with Crippen LogP contribution in [0.3, 0.4) is 0 Å². The Morgan fingerprint density at radius 3 is 2.24 bits per heavy atom. The predicted molar refractivity (Wildman–Crippen MR) is 94.2 cm³/mol. The summed E-state index contributed by atoms with van der Waals surface area (Å²) >= 11 is 0. The molecule has 3 fully saturated rings. The molecule has 1 aromatic carbocycles. The van der Waals surface area contributed by atoms with Gasteiger partial charge in [-0.25, -0.2) is 4.79 Å². The summed E-state index contributed by atoms with van der Waals surface area (Å²) in [6.45, 7) is 1.99. The molecule has 2 saturated heterocycles. The van der Waals surface area contributed by atoms with Gasteiger partial charge in [0.15, 0.2) is 0 Å². The van der Waals surface area contributed by atoms with Gasteiger partial charge in [-0.3, -0.25) is 4.79 Å². The normalized spacial score (nSPS) is 24.6. The Bertz CT molecular complexity index is 659. The highest BCUT2D eigenvalue weighted by atomic mass is 16.6. The maximum atomic E-state index is 13.5. The largest absolute Gasteiger partial charge is 0.441 e. The number of carbonyl (C=O) groups excluding carboxylic acids is 2. The van der Waals surface area contributed by atoms with Gasteiger partial charge < -0.3 is 14.5 Å². The van der Waals surface area contributed by atoms with Crippen molar-refractivity contribution in [3.63, 3.8) is 0 Å². The average molecular weight is 342 g/mol. The quantitative estimate of drug-likeness (QED) is 0.830. The minimum atomic E-state index is -0.391. The number of amides is 2. The second-order valence-electron chi connectivity index (χ2n) is 7.85. The van der Waals surface area contributed by atoms with Gasteiger partial charge in [0.2, 0.25) is 5.91 Å². The standard InChI is InChI=1S/C20H26N2O3/c1-21-15-19(25-18(21)24)11-13-22(14-12-19)17(23)20(9-5-6-10-20)16-7-3-2-4-8-16/h2-4,7-8H,5-6,9-15H2,1H3. The number of rotatable bonds is 2. The van der Waals surface area contributed by atoms with E-state index in [1.165, 1.54) is 0 Å². The van der Waals surface area contributed by atoms with Crippen LogP contribution in [0, 0.1) is 0 Å². The molecular formula is C20H26N2O3. The summed E-state index contributed by atoms with van der Waals surface area (Å²) < 4.78 is 5.61. The molecule has 5 heteroatoms. The van der Waals surface area contributed by atoms with Crippen LogP contribution in [0.2, 0.25) is 0 Å². The Labute approximate surface area is 148 Å². The molecule has 0 atom stereocenters. The summed E-state index contributed by atoms with van der Waals surface area (Å²) in [7, 11) is 1.78. The number of piperidine rings is 1. The monoisotopic (exact) mass is 342 g/mol. The van der Waals surface area contributed by atoms with Gasteiger partial charge in [-0.15, -0.1) is 0 Å². The van der Waals surface area contributed by atoms with E-state index in [0.29, 0.717) is 19.6 Å². The first-order chi connectivity index (χ1) is 12.0. The lowest BCUT2D eigenvalue weighted by atomic mass is 9.77. The zero-order chi connectivity index (χ0) is 17.5. The van der Waals surface area contributed by atoms with Crippen LogP contribution in [0.4, 0.5) is 4.79 Å². The van der Waals surface area contributed by atoms with Crippen molar-refractivity contribution in [2.75, 3.05) is 26.7 Å². The number of hydrogen-bond acceptors (Lipinski definition) is 3. The van der Waals surface area contributed by atoms with Gasteiger partial charge in [-0.05, 0) is 18.4 Å². The topological polar surface area (TPSA) is 49.9 Å². The minimum absolute atomic E-state index is 0.240. The fraction of sp³-hybridized carbons (Fsp3) is 0.600. The molecule has 1 saturated carbocycles. The van der Waals surface area contributed by atoms with Crippen molar-refractivity contribution in [3.8, 4) is 0 Å². The molecule has 3 aliphatic rings. The van der Waals surface area contributed by atoms with Gasteiger partial charge in [-0.2, -0.15) is 0 Å². The Hall–Kier alpha value is -2.04. The number of carbonyl (C=O) groups is 2. The molecule has 0 aromatic heterocycles. The van der Waals surface area contributed by atoms with Crippen molar-refractivity contribution < 1.29 is 14.3 Å². The first-order valence-corrected chi connectivity index (χ1v) is 9.34. The van der Waals surface area contributed by atoms with Gasteiger partial charge >= 0.3 is 6.09 Å². The highest BCUT2D eigenvalue weighted by Crippen LogP contribution is 2.43. The number of likely N-dealkylation sites (N-methyl/N-ethyl adjacent to an activating group) is 1. The second-order valence-corrected chi connectivity index (χ2v) is 7.85. The Kier molecular flexibility index (Phi) is 3.97. The molecule has 1 aliphatic carbocycles. The van der Waals surface area contributed by atoms with E-state index in [-0.39, 0.29) is 17.4 Å². The van der Waals surface area contributed by atoms with Crippen molar-refractivity contribution in [1.29, 1.82) is 0 Å². The summed E-state index contributed by atoms with van der Waals surface area (Å²) in [5.74, 6) is 0.267. The molecule has 2 aliphatic heterocycles. The molecule has 0 unspecified atom stereocenters. The highest BCUT2D eigenvalue weighted by molar-refractivity contribution is 5.88. The van der Waals surface area contributed by atoms with Gasteiger partial charge in [0.05, 0.1) is 12.0 Å². The SMILES string of the molecule is CN1CC2(CCN(C(=O)C3(c4ccccc4)CCCC3)CC2)OC1=O. The zero-order valence-electron chi connectivity index (χ0n) is 14.9. The predicted octanol–water partition coefficient (Wildman–Crippen LogP) is 2.94. The van der Waals surface area contributed by atoms with Crippen molar-refractivity contribution >= 4 is 12.0 Å². The lowest BCUT2D eigenvalue weighted by molar-refractivity contribution is -0.140. The maximum Gasteiger partial charge on any atom is 0.410 e. The molecule has 5 nitrogen and oxygen atoms in total. The molecule has 4 rings (SSSR count). The van der Waals surface area contributed by atoms with E-state index in [0.717, 1.165) is 44.1 Å². The lowest BCUT2D eigenvalue weighted by Crippen LogP contribution is -2.53. The van der Waals surface area contributed by atoms with E-state index in [2.05, 4.69) is 12.1 Å². The lowest BCUT2D eigenvalue weighted by Gasteiger charge is -2.41. The molecule has 2 amide bonds. The Morgan fingerprint density at radius 2 is 1.68 bits per heavy atom. The average Bonchev–Trinajstić information content (AvgIpc) is 3.22. The summed E-state index contributed by atoms with van der Waals surface area (Å²) in [6.07, 6.45) is 5.34. The highest BCUT2D eigenvalue weighted by Gasteiger charge is 2.50. The van der Waals surface area contributed by atoms with E-state index in [1.807, 2.05) is 23.1 Å². The minimum Gasteiger partial charge on any atom is -0.441 e. The number of hydrogen-bond donors (Lipinski definition) is 0. The Morgan fingerprint density at radius 1 is 1.04 bits per heavy atom. The third kappa shape index (κ3) is 2.70. The number of nitrogens with zero attached hydrogens (tertiary/aromatic N) is 2. The molecule has 1 aromatic rings. The third-order valence-electron chi connectivity index (χ3n) is 6.30. The van der Waals surface area contributed by atoms with Gasteiger partial charge in [-0.1, -0.05) is 43.2 Å². The summed E-state index contributed by atoms with van der Waals surface area (Å²) in [6, 6.07) is 10.3. The molecule has 134 valence electrons. The van der Waals surface area contributed by atoms with E-state index < -0.39 is 5.60 Å². The van der Waals surface area contributed by atoms with Gasteiger partial charge in [0.1, 0.15) is 5.60 Å². The van der Waals surface area contributed by atoms with Crippen molar-refractivity contribution in [2.45, 2.75) is 49.5 Å². The zero-order valence-corrected chi connectivity index (χ0v) is 14.9. The summed E-state index contributed by atoms with van der Waals surface area (Å²) in [4.78, 5) is 28.8. The summed E-state index contributed by atoms with van der Waals surface area (Å²) in [5.41, 5.74) is 0.414. The van der Waals surface area contributed by atoms with Crippen LogP contribution in [0.5, 0.6) is 0 Å². The first-order valence-electron chi connectivity index (χ1n) is 9.34. The fourth-order valence-corrected chi connectivity index (χ4v) is 4.83. The molecule has 0 radical (unpaired) electrons. The van der Waals surface area contributed by atoms with Gasteiger partial charge in [0, 0.05) is 33.0 Å². The number of benzene rings is 1. The van der Waals surface area contributed by atoms with Crippen LogP contribution in [-0.2, 0) is 14.9 Å². The van der Waals surface area contributed by atoms with E-state index >= 15 is 0 Å². The van der Waals surface area contributed by atoms with E-state index in [9.17, 15) is 9.59 Å². The van der Waals surface area contributed by atoms with E-state index in [1.54, 1.807) is 11.9 Å². The van der Waals surface area contributed by atoms with Crippen LogP contribution in [0.15, 0.2) is 30.3 Å². The molecule has 2 heterocycles. The molecular weight excluding hydrogens is 316 g/mol. The third-order valence-corrected chi connectivity index (χ3v) is 6.30. The fourth-order valence-electron chi connectivity index (χ4n) is 4.83. The molecule has 0 N–H and O–H groups in total.